The van der Waals surface area contributed by atoms with E-state index >= 15 is 0 Å². The molecule has 2 aliphatic heterocycles. The summed E-state index contributed by atoms with van der Waals surface area (Å²) >= 11 is 0. The van der Waals surface area contributed by atoms with Gasteiger partial charge in [-0.05, 0) is 44.0 Å². The molecule has 0 aromatic heterocycles. The van der Waals surface area contributed by atoms with Gasteiger partial charge in [-0.2, -0.15) is 0 Å². The van der Waals surface area contributed by atoms with Gasteiger partial charge in [0.2, 0.25) is 5.91 Å². The molecule has 0 saturated carbocycles. The van der Waals surface area contributed by atoms with Gasteiger partial charge in [0.1, 0.15) is 0 Å². The number of nitrogens with zero attached hydrogens (tertiary/aromatic N) is 2. The summed E-state index contributed by atoms with van der Waals surface area (Å²) in [6, 6.07) is 5.66. The summed E-state index contributed by atoms with van der Waals surface area (Å²) in [6.45, 7) is 10.8. The summed E-state index contributed by atoms with van der Waals surface area (Å²) in [6.07, 6.45) is 3.20. The molecule has 7 nitrogen and oxygen atoms in total. The van der Waals surface area contributed by atoms with Crippen molar-refractivity contribution < 1.29 is 14.3 Å². The van der Waals surface area contributed by atoms with E-state index in [0.717, 1.165) is 70.9 Å². The van der Waals surface area contributed by atoms with Gasteiger partial charge in [-0.3, -0.25) is 14.5 Å². The molecule has 2 amide bonds. The van der Waals surface area contributed by atoms with Gasteiger partial charge in [0.15, 0.2) is 0 Å². The van der Waals surface area contributed by atoms with Crippen LogP contribution in [0.2, 0.25) is 0 Å². The third-order valence-corrected chi connectivity index (χ3v) is 5.52. The van der Waals surface area contributed by atoms with Crippen molar-refractivity contribution in [1.82, 2.24) is 10.2 Å². The van der Waals surface area contributed by atoms with Crippen LogP contribution in [0.1, 0.15) is 43.5 Å². The Kier molecular flexibility index (Phi) is 7.89. The monoisotopic (exact) mass is 402 g/mol. The Balaban J connectivity index is 1.63. The number of amides is 2. The smallest absolute Gasteiger partial charge is 0.253 e. The van der Waals surface area contributed by atoms with Crippen molar-refractivity contribution in [2.75, 3.05) is 62.7 Å². The molecule has 0 unspecified atom stereocenters. The van der Waals surface area contributed by atoms with Gasteiger partial charge in [-0.15, -0.1) is 0 Å². The van der Waals surface area contributed by atoms with Gasteiger partial charge in [-0.25, -0.2) is 0 Å². The zero-order valence-electron chi connectivity index (χ0n) is 17.7. The SMILES string of the molecule is CC(C)C(=O)Nc1ccc(N2CCCC2)c(C(=O)NCCCN2CCOCC2)c1. The lowest BCUT2D eigenvalue weighted by Crippen LogP contribution is -2.38. The molecule has 0 bridgehead atoms. The van der Waals surface area contributed by atoms with Crippen LogP contribution in [0.5, 0.6) is 0 Å². The van der Waals surface area contributed by atoms with Crippen molar-refractivity contribution in [1.29, 1.82) is 0 Å². The van der Waals surface area contributed by atoms with E-state index < -0.39 is 0 Å². The highest BCUT2D eigenvalue weighted by atomic mass is 16.5. The number of carbonyl (C=O) groups is 2. The molecule has 3 rings (SSSR count). The molecular weight excluding hydrogens is 368 g/mol. The average Bonchev–Trinajstić information content (AvgIpc) is 3.26. The maximum Gasteiger partial charge on any atom is 0.253 e. The number of nitrogens with one attached hydrogen (secondary N) is 2. The van der Waals surface area contributed by atoms with Crippen LogP contribution >= 0.6 is 0 Å². The van der Waals surface area contributed by atoms with E-state index in [1.165, 1.54) is 0 Å². The lowest BCUT2D eigenvalue weighted by molar-refractivity contribution is -0.118. The molecule has 160 valence electrons. The Bertz CT molecular complexity index is 695. The third-order valence-electron chi connectivity index (χ3n) is 5.52. The molecule has 0 radical (unpaired) electrons. The first kappa shape index (κ1) is 21.6. The minimum Gasteiger partial charge on any atom is -0.379 e. The van der Waals surface area contributed by atoms with Crippen LogP contribution < -0.4 is 15.5 Å². The fourth-order valence-corrected chi connectivity index (χ4v) is 3.74. The van der Waals surface area contributed by atoms with Crippen LogP contribution in [-0.2, 0) is 9.53 Å². The second-order valence-corrected chi connectivity index (χ2v) is 8.13. The van der Waals surface area contributed by atoms with Gasteiger partial charge < -0.3 is 20.3 Å². The molecule has 0 aliphatic carbocycles. The maximum atomic E-state index is 13.0. The van der Waals surface area contributed by atoms with E-state index in [4.69, 9.17) is 4.74 Å². The van der Waals surface area contributed by atoms with E-state index in [1.807, 2.05) is 32.0 Å². The van der Waals surface area contributed by atoms with Crippen molar-refractivity contribution in [3.63, 3.8) is 0 Å². The number of carbonyl (C=O) groups excluding carboxylic acids is 2. The fraction of sp³-hybridized carbons (Fsp3) is 0.636. The number of benzene rings is 1. The summed E-state index contributed by atoms with van der Waals surface area (Å²) in [5.41, 5.74) is 2.26. The molecule has 2 heterocycles. The molecule has 1 aromatic rings. The standard InChI is InChI=1S/C22H34N4O3/c1-17(2)21(27)24-18-6-7-20(26-10-3-4-11-26)19(16-18)22(28)23-8-5-9-25-12-14-29-15-13-25/h6-7,16-17H,3-5,8-15H2,1-2H3,(H,23,28)(H,24,27). The first-order valence-electron chi connectivity index (χ1n) is 10.8. The van der Waals surface area contributed by atoms with Crippen molar-refractivity contribution in [2.24, 2.45) is 5.92 Å². The molecule has 2 fully saturated rings. The first-order chi connectivity index (χ1) is 14.0. The van der Waals surface area contributed by atoms with Crippen molar-refractivity contribution >= 4 is 23.2 Å². The van der Waals surface area contributed by atoms with Crippen LogP contribution in [0, 0.1) is 5.92 Å². The lowest BCUT2D eigenvalue weighted by atomic mass is 10.1. The normalized spacial score (nSPS) is 17.6. The molecule has 2 N–H and O–H groups in total. The Hall–Kier alpha value is -2.12. The predicted octanol–water partition coefficient (Wildman–Crippen LogP) is 2.33. The van der Waals surface area contributed by atoms with Gasteiger partial charge in [-0.1, -0.05) is 13.8 Å². The van der Waals surface area contributed by atoms with E-state index in [0.29, 0.717) is 17.8 Å². The van der Waals surface area contributed by atoms with Crippen LogP contribution in [0.3, 0.4) is 0 Å². The van der Waals surface area contributed by atoms with E-state index in [1.54, 1.807) is 0 Å². The number of ether oxygens (including phenoxy) is 1. The Morgan fingerprint density at radius 1 is 1.10 bits per heavy atom. The highest BCUT2D eigenvalue weighted by molar-refractivity contribution is 6.02. The van der Waals surface area contributed by atoms with Crippen LogP contribution in [0.15, 0.2) is 18.2 Å². The largest absolute Gasteiger partial charge is 0.379 e. The van der Waals surface area contributed by atoms with Gasteiger partial charge >= 0.3 is 0 Å². The minimum atomic E-state index is -0.106. The zero-order valence-corrected chi connectivity index (χ0v) is 17.7. The minimum absolute atomic E-state index is 0.0456. The molecule has 2 aliphatic rings. The lowest BCUT2D eigenvalue weighted by Gasteiger charge is -2.26. The molecule has 7 heteroatoms. The van der Waals surface area contributed by atoms with E-state index in [9.17, 15) is 9.59 Å². The van der Waals surface area contributed by atoms with Crippen LogP contribution in [0.4, 0.5) is 11.4 Å². The topological polar surface area (TPSA) is 73.9 Å². The maximum absolute atomic E-state index is 13.0. The van der Waals surface area contributed by atoms with Crippen LogP contribution in [0.25, 0.3) is 0 Å². The number of hydrogen-bond acceptors (Lipinski definition) is 5. The summed E-state index contributed by atoms with van der Waals surface area (Å²) in [5.74, 6) is -0.226. The zero-order chi connectivity index (χ0) is 20.6. The summed E-state index contributed by atoms with van der Waals surface area (Å²) in [4.78, 5) is 29.7. The number of hydrogen-bond donors (Lipinski definition) is 2. The molecule has 2 saturated heterocycles. The number of morpholine rings is 1. The Morgan fingerprint density at radius 3 is 2.52 bits per heavy atom. The molecule has 1 aromatic carbocycles. The average molecular weight is 403 g/mol. The van der Waals surface area contributed by atoms with Crippen molar-refractivity contribution in [3.05, 3.63) is 23.8 Å². The quantitative estimate of drug-likeness (QED) is 0.653. The summed E-state index contributed by atoms with van der Waals surface area (Å²) in [7, 11) is 0. The second-order valence-electron chi connectivity index (χ2n) is 8.13. The predicted molar refractivity (Wildman–Crippen MR) is 116 cm³/mol. The van der Waals surface area contributed by atoms with Gasteiger partial charge in [0.05, 0.1) is 18.8 Å². The second kappa shape index (κ2) is 10.6. The molecule has 29 heavy (non-hydrogen) atoms. The van der Waals surface area contributed by atoms with Crippen molar-refractivity contribution in [2.45, 2.75) is 33.1 Å². The van der Waals surface area contributed by atoms with Crippen molar-refractivity contribution in [3.8, 4) is 0 Å². The van der Waals surface area contributed by atoms with E-state index in [2.05, 4.69) is 20.4 Å². The third kappa shape index (κ3) is 6.18. The van der Waals surface area contributed by atoms with Crippen LogP contribution in [-0.4, -0.2) is 69.2 Å². The Labute approximate surface area is 173 Å². The van der Waals surface area contributed by atoms with Gasteiger partial charge in [0.25, 0.3) is 5.91 Å². The van der Waals surface area contributed by atoms with E-state index in [-0.39, 0.29) is 17.7 Å². The number of rotatable bonds is 8. The first-order valence-corrected chi connectivity index (χ1v) is 10.8. The fourth-order valence-electron chi connectivity index (χ4n) is 3.74. The number of anilines is 2. The Morgan fingerprint density at radius 2 is 1.83 bits per heavy atom. The summed E-state index contributed by atoms with van der Waals surface area (Å²) in [5, 5.41) is 5.98. The molecule has 0 spiro atoms. The highest BCUT2D eigenvalue weighted by Gasteiger charge is 2.21. The molecule has 0 atom stereocenters. The van der Waals surface area contributed by atoms with Gasteiger partial charge in [0, 0.05) is 50.0 Å². The summed E-state index contributed by atoms with van der Waals surface area (Å²) < 4.78 is 5.37. The highest BCUT2D eigenvalue weighted by Crippen LogP contribution is 2.27. The molecular formula is C22H34N4O3.